The zero-order valence-corrected chi connectivity index (χ0v) is 20.2. The monoisotopic (exact) mass is 459 g/mol. The molecule has 1 fully saturated rings. The maximum Gasteiger partial charge on any atom is 0.252 e. The number of fused-ring (bicyclic) bond motifs is 1. The van der Waals surface area contributed by atoms with Gasteiger partial charge in [-0.25, -0.2) is 0 Å². The molecule has 4 rings (SSSR count). The molecule has 0 radical (unpaired) electrons. The van der Waals surface area contributed by atoms with Gasteiger partial charge in [0.25, 0.3) is 5.91 Å². The Morgan fingerprint density at radius 1 is 1.15 bits per heavy atom. The molecule has 6 N–H and O–H groups in total. The summed E-state index contributed by atoms with van der Waals surface area (Å²) < 4.78 is 0. The highest BCUT2D eigenvalue weighted by Crippen LogP contribution is 2.25. The second kappa shape index (κ2) is 11.5. The van der Waals surface area contributed by atoms with Gasteiger partial charge >= 0.3 is 0 Å². The largest absolute Gasteiger partial charge is 0.383 e. The third kappa shape index (κ3) is 5.95. The summed E-state index contributed by atoms with van der Waals surface area (Å²) in [6.07, 6.45) is 2.45. The summed E-state index contributed by atoms with van der Waals surface area (Å²) in [4.78, 5) is 13.2. The van der Waals surface area contributed by atoms with Gasteiger partial charge in [-0.05, 0) is 67.3 Å². The molecule has 180 valence electrons. The lowest BCUT2D eigenvalue weighted by Gasteiger charge is -2.21. The second-order valence-electron chi connectivity index (χ2n) is 9.31. The minimum atomic E-state index is -0.107. The predicted molar refractivity (Wildman–Crippen MR) is 141 cm³/mol. The summed E-state index contributed by atoms with van der Waals surface area (Å²) in [5.41, 5.74) is 9.67. The van der Waals surface area contributed by atoms with E-state index in [4.69, 9.17) is 5.73 Å². The number of carbonyl (C=O) groups excluding carboxylic acids is 1. The van der Waals surface area contributed by atoms with Crippen LogP contribution in [0.15, 0.2) is 60.7 Å². The van der Waals surface area contributed by atoms with Gasteiger partial charge in [0.05, 0.1) is 6.04 Å². The molecule has 0 aromatic heterocycles. The number of hydrogen-bond acceptors (Lipinski definition) is 5. The second-order valence-corrected chi connectivity index (χ2v) is 9.31. The van der Waals surface area contributed by atoms with Gasteiger partial charge in [-0.2, -0.15) is 0 Å². The normalized spacial score (nSPS) is 17.4. The molecular formula is C28H37N5O. The number of nitrogens with one attached hydrogen (secondary N) is 4. The maximum absolute atomic E-state index is 13.2. The fourth-order valence-corrected chi connectivity index (χ4v) is 4.68. The first kappa shape index (κ1) is 24.2. The Morgan fingerprint density at radius 3 is 2.76 bits per heavy atom. The van der Waals surface area contributed by atoms with E-state index in [0.717, 1.165) is 35.3 Å². The molecule has 1 aliphatic heterocycles. The SMILES string of the molecule is Cc1ccc(NC[C@H](CN)NC[C@H]2CCCN2)cc1C(=O)N[C@H](C)c1cccc2ccccc12. The minimum absolute atomic E-state index is 0.0672. The third-order valence-electron chi connectivity index (χ3n) is 6.77. The van der Waals surface area contributed by atoms with Crippen molar-refractivity contribution in [3.8, 4) is 0 Å². The Morgan fingerprint density at radius 2 is 1.97 bits per heavy atom. The number of benzene rings is 3. The molecule has 3 aromatic rings. The smallest absolute Gasteiger partial charge is 0.252 e. The van der Waals surface area contributed by atoms with Crippen molar-refractivity contribution in [1.82, 2.24) is 16.0 Å². The zero-order valence-electron chi connectivity index (χ0n) is 20.2. The molecule has 6 heteroatoms. The molecule has 3 atom stereocenters. The third-order valence-corrected chi connectivity index (χ3v) is 6.77. The van der Waals surface area contributed by atoms with Gasteiger partial charge in [-0.1, -0.05) is 48.5 Å². The standard InChI is InChI=1S/C28H37N5O/c1-19-12-13-22(31-18-24(16-29)32-17-23-9-6-14-30-23)15-27(19)28(34)33-20(2)25-11-5-8-21-7-3-4-10-26(21)25/h3-5,7-8,10-13,15,20,23-24,30-32H,6,9,14,16-18,29H2,1-2H3,(H,33,34)/t20-,23-,24+/m1/s1. The van der Waals surface area contributed by atoms with Crippen LogP contribution in [0.4, 0.5) is 5.69 Å². The fourth-order valence-electron chi connectivity index (χ4n) is 4.68. The quantitative estimate of drug-likeness (QED) is 0.319. The molecular weight excluding hydrogens is 422 g/mol. The number of anilines is 1. The van der Waals surface area contributed by atoms with Gasteiger partial charge in [-0.3, -0.25) is 4.79 Å². The Balaban J connectivity index is 1.39. The summed E-state index contributed by atoms with van der Waals surface area (Å²) in [6, 6.07) is 21.0. The lowest BCUT2D eigenvalue weighted by Crippen LogP contribution is -2.46. The molecule has 6 nitrogen and oxygen atoms in total. The average molecular weight is 460 g/mol. The molecule has 1 saturated heterocycles. The number of rotatable bonds is 10. The van der Waals surface area contributed by atoms with Crippen molar-refractivity contribution < 1.29 is 4.79 Å². The summed E-state index contributed by atoms with van der Waals surface area (Å²) in [5, 5.41) is 16.1. The van der Waals surface area contributed by atoms with Crippen molar-refractivity contribution in [3.63, 3.8) is 0 Å². The van der Waals surface area contributed by atoms with Gasteiger partial charge in [0.2, 0.25) is 0 Å². The van der Waals surface area contributed by atoms with Crippen molar-refractivity contribution in [1.29, 1.82) is 0 Å². The van der Waals surface area contributed by atoms with E-state index in [0.29, 0.717) is 24.7 Å². The number of hydrogen-bond donors (Lipinski definition) is 5. The van der Waals surface area contributed by atoms with Crippen LogP contribution in [-0.4, -0.2) is 44.2 Å². The summed E-state index contributed by atoms with van der Waals surface area (Å²) in [6.45, 7) is 7.30. The van der Waals surface area contributed by atoms with Crippen molar-refractivity contribution >= 4 is 22.4 Å². The van der Waals surface area contributed by atoms with E-state index in [2.05, 4.69) is 45.5 Å². The van der Waals surface area contributed by atoms with Crippen LogP contribution >= 0.6 is 0 Å². The van der Waals surface area contributed by atoms with E-state index >= 15 is 0 Å². The molecule has 1 heterocycles. The first-order valence-corrected chi connectivity index (χ1v) is 12.3. The highest BCUT2D eigenvalue weighted by molar-refractivity contribution is 5.97. The van der Waals surface area contributed by atoms with E-state index in [9.17, 15) is 4.79 Å². The van der Waals surface area contributed by atoms with Crippen molar-refractivity contribution in [3.05, 3.63) is 77.4 Å². The summed E-state index contributed by atoms with van der Waals surface area (Å²) in [7, 11) is 0. The molecule has 3 aromatic carbocycles. The number of aryl methyl sites for hydroxylation is 1. The predicted octanol–water partition coefficient (Wildman–Crippen LogP) is 3.72. The average Bonchev–Trinajstić information content (AvgIpc) is 3.38. The number of amides is 1. The van der Waals surface area contributed by atoms with E-state index in [1.807, 2.05) is 50.2 Å². The maximum atomic E-state index is 13.2. The van der Waals surface area contributed by atoms with Crippen LogP contribution < -0.4 is 27.0 Å². The topological polar surface area (TPSA) is 91.2 Å². The van der Waals surface area contributed by atoms with E-state index in [1.165, 1.54) is 18.2 Å². The molecule has 34 heavy (non-hydrogen) atoms. The molecule has 1 aliphatic rings. The molecule has 0 aliphatic carbocycles. The van der Waals surface area contributed by atoms with Crippen LogP contribution in [0, 0.1) is 6.92 Å². The molecule has 0 spiro atoms. The highest BCUT2D eigenvalue weighted by Gasteiger charge is 2.17. The van der Waals surface area contributed by atoms with Crippen LogP contribution in [0.5, 0.6) is 0 Å². The Hall–Kier alpha value is -2.93. The Bertz CT molecular complexity index is 1100. The minimum Gasteiger partial charge on any atom is -0.383 e. The molecule has 0 bridgehead atoms. The first-order valence-electron chi connectivity index (χ1n) is 12.3. The van der Waals surface area contributed by atoms with Gasteiger partial charge in [0, 0.05) is 43.0 Å². The van der Waals surface area contributed by atoms with Gasteiger partial charge in [0.15, 0.2) is 0 Å². The summed E-state index contributed by atoms with van der Waals surface area (Å²) in [5.74, 6) is -0.0672. The Kier molecular flexibility index (Phi) is 8.16. The van der Waals surface area contributed by atoms with Crippen molar-refractivity contribution in [2.75, 3.05) is 31.5 Å². The van der Waals surface area contributed by atoms with Crippen molar-refractivity contribution in [2.45, 2.75) is 44.8 Å². The van der Waals surface area contributed by atoms with E-state index in [-0.39, 0.29) is 18.0 Å². The first-order chi connectivity index (χ1) is 16.5. The highest BCUT2D eigenvalue weighted by atomic mass is 16.1. The van der Waals surface area contributed by atoms with Crippen LogP contribution in [0.1, 0.15) is 47.3 Å². The van der Waals surface area contributed by atoms with Gasteiger partial charge in [-0.15, -0.1) is 0 Å². The lowest BCUT2D eigenvalue weighted by atomic mass is 9.99. The van der Waals surface area contributed by atoms with Crippen LogP contribution in [0.2, 0.25) is 0 Å². The van der Waals surface area contributed by atoms with Gasteiger partial charge < -0.3 is 27.0 Å². The zero-order chi connectivity index (χ0) is 23.9. The van der Waals surface area contributed by atoms with Crippen LogP contribution in [-0.2, 0) is 0 Å². The molecule has 0 unspecified atom stereocenters. The van der Waals surface area contributed by atoms with Crippen LogP contribution in [0.25, 0.3) is 10.8 Å². The van der Waals surface area contributed by atoms with E-state index < -0.39 is 0 Å². The molecule has 0 saturated carbocycles. The van der Waals surface area contributed by atoms with Crippen molar-refractivity contribution in [2.24, 2.45) is 5.73 Å². The summed E-state index contributed by atoms with van der Waals surface area (Å²) >= 11 is 0. The number of nitrogens with two attached hydrogens (primary N) is 1. The lowest BCUT2D eigenvalue weighted by molar-refractivity contribution is 0.0939. The Labute approximate surface area is 202 Å². The number of carbonyl (C=O) groups is 1. The van der Waals surface area contributed by atoms with Crippen LogP contribution in [0.3, 0.4) is 0 Å². The molecule has 1 amide bonds. The van der Waals surface area contributed by atoms with E-state index in [1.54, 1.807) is 0 Å². The fraction of sp³-hybridized carbons (Fsp3) is 0.393. The van der Waals surface area contributed by atoms with Gasteiger partial charge in [0.1, 0.15) is 0 Å².